The highest BCUT2D eigenvalue weighted by Gasteiger charge is 2.21. The molecule has 0 radical (unpaired) electrons. The van der Waals surface area contributed by atoms with Crippen LogP contribution in [0.2, 0.25) is 0 Å². The SMILES string of the molecule is CN(Cc1ccccc1)S(=O)(=O)c1ccc(NC(=O)Cc2coc3ccc4ccccc4c23)cc1. The van der Waals surface area contributed by atoms with Gasteiger partial charge in [0.25, 0.3) is 0 Å². The molecule has 0 saturated carbocycles. The molecule has 5 aromatic rings. The quantitative estimate of drug-likeness (QED) is 0.327. The molecule has 1 N–H and O–H groups in total. The largest absolute Gasteiger partial charge is 0.464 e. The summed E-state index contributed by atoms with van der Waals surface area (Å²) in [5, 5.41) is 5.90. The number of furan rings is 1. The number of nitrogens with zero attached hydrogens (tertiary/aromatic N) is 1. The summed E-state index contributed by atoms with van der Waals surface area (Å²) in [5.74, 6) is -0.211. The second kappa shape index (κ2) is 9.37. The van der Waals surface area contributed by atoms with Crippen LogP contribution in [0.15, 0.2) is 107 Å². The number of nitrogens with one attached hydrogen (secondary N) is 1. The molecule has 4 aromatic carbocycles. The van der Waals surface area contributed by atoms with Gasteiger partial charge in [-0.3, -0.25) is 4.79 Å². The number of hydrogen-bond acceptors (Lipinski definition) is 4. The van der Waals surface area contributed by atoms with E-state index in [1.807, 2.05) is 66.7 Å². The third-order valence-electron chi connectivity index (χ3n) is 5.99. The van der Waals surface area contributed by atoms with Gasteiger partial charge in [-0.25, -0.2) is 8.42 Å². The molecule has 0 unspecified atom stereocenters. The maximum Gasteiger partial charge on any atom is 0.243 e. The summed E-state index contributed by atoms with van der Waals surface area (Å²) >= 11 is 0. The molecule has 0 aliphatic carbocycles. The smallest absolute Gasteiger partial charge is 0.243 e. The fourth-order valence-corrected chi connectivity index (χ4v) is 5.36. The predicted octanol–water partition coefficient (Wildman–Crippen LogP) is 5.59. The number of amides is 1. The molecule has 6 nitrogen and oxygen atoms in total. The lowest BCUT2D eigenvalue weighted by molar-refractivity contribution is -0.115. The van der Waals surface area contributed by atoms with Crippen molar-refractivity contribution in [1.82, 2.24) is 4.31 Å². The zero-order valence-electron chi connectivity index (χ0n) is 19.1. The second-order valence-electron chi connectivity index (χ2n) is 8.42. The standard InChI is InChI=1S/C28H24N2O4S/c1-30(18-20-7-3-2-4-8-20)35(32,33)24-14-12-23(13-15-24)29-27(31)17-22-19-34-26-16-11-21-9-5-6-10-25(21)28(22)26/h2-16,19H,17-18H2,1H3,(H,29,31). The van der Waals surface area contributed by atoms with Crippen molar-refractivity contribution in [3.05, 3.63) is 108 Å². The highest BCUT2D eigenvalue weighted by atomic mass is 32.2. The van der Waals surface area contributed by atoms with Gasteiger partial charge in [-0.2, -0.15) is 4.31 Å². The van der Waals surface area contributed by atoms with Crippen LogP contribution in [0.1, 0.15) is 11.1 Å². The van der Waals surface area contributed by atoms with Crippen LogP contribution < -0.4 is 5.32 Å². The second-order valence-corrected chi connectivity index (χ2v) is 10.5. The molecule has 0 fully saturated rings. The molecule has 0 saturated heterocycles. The van der Waals surface area contributed by atoms with Gasteiger partial charge in [0.05, 0.1) is 17.6 Å². The maximum atomic E-state index is 12.9. The zero-order chi connectivity index (χ0) is 24.4. The van der Waals surface area contributed by atoms with Gasteiger partial charge in [-0.15, -0.1) is 0 Å². The molecule has 35 heavy (non-hydrogen) atoms. The lowest BCUT2D eigenvalue weighted by Gasteiger charge is -2.17. The third kappa shape index (κ3) is 4.69. The first-order valence-electron chi connectivity index (χ1n) is 11.2. The van der Waals surface area contributed by atoms with Gasteiger partial charge in [0.15, 0.2) is 0 Å². The Kier molecular flexibility index (Phi) is 6.11. The fraction of sp³-hybridized carbons (Fsp3) is 0.107. The summed E-state index contributed by atoms with van der Waals surface area (Å²) in [6.07, 6.45) is 1.76. The molecule has 1 heterocycles. The summed E-state index contributed by atoms with van der Waals surface area (Å²) in [6.45, 7) is 0.273. The summed E-state index contributed by atoms with van der Waals surface area (Å²) in [5.41, 5.74) is 2.97. The molecule has 1 amide bonds. The van der Waals surface area contributed by atoms with Gasteiger partial charge >= 0.3 is 0 Å². The number of hydrogen-bond donors (Lipinski definition) is 1. The summed E-state index contributed by atoms with van der Waals surface area (Å²) < 4.78 is 32.9. The van der Waals surface area contributed by atoms with Crippen molar-refractivity contribution >= 4 is 43.4 Å². The van der Waals surface area contributed by atoms with E-state index in [2.05, 4.69) is 5.32 Å². The number of fused-ring (bicyclic) bond motifs is 3. The van der Waals surface area contributed by atoms with E-state index in [0.29, 0.717) is 5.69 Å². The molecule has 176 valence electrons. The Balaban J connectivity index is 1.29. The zero-order valence-corrected chi connectivity index (χ0v) is 20.0. The summed E-state index contributed by atoms with van der Waals surface area (Å²) in [7, 11) is -2.11. The molecular formula is C28H24N2O4S. The van der Waals surface area contributed by atoms with Gasteiger partial charge < -0.3 is 9.73 Å². The molecule has 0 aliphatic heterocycles. The van der Waals surface area contributed by atoms with Crippen molar-refractivity contribution in [2.45, 2.75) is 17.9 Å². The third-order valence-corrected chi connectivity index (χ3v) is 7.80. The van der Waals surface area contributed by atoms with E-state index < -0.39 is 10.0 Å². The van der Waals surface area contributed by atoms with Crippen LogP contribution in [0, 0.1) is 0 Å². The van der Waals surface area contributed by atoms with Crippen LogP contribution >= 0.6 is 0 Å². The van der Waals surface area contributed by atoms with Crippen molar-refractivity contribution in [2.24, 2.45) is 0 Å². The number of anilines is 1. The highest BCUT2D eigenvalue weighted by Crippen LogP contribution is 2.30. The Morgan fingerprint density at radius 2 is 1.60 bits per heavy atom. The monoisotopic (exact) mass is 484 g/mol. The molecule has 5 rings (SSSR count). The number of sulfonamides is 1. The number of carbonyl (C=O) groups is 1. The van der Waals surface area contributed by atoms with Crippen LogP contribution in [-0.2, 0) is 27.8 Å². The molecule has 0 aliphatic rings. The lowest BCUT2D eigenvalue weighted by Crippen LogP contribution is -2.26. The van der Waals surface area contributed by atoms with Crippen molar-refractivity contribution in [3.8, 4) is 0 Å². The van der Waals surface area contributed by atoms with Crippen molar-refractivity contribution in [1.29, 1.82) is 0 Å². The minimum Gasteiger partial charge on any atom is -0.464 e. The van der Waals surface area contributed by atoms with Crippen molar-refractivity contribution < 1.29 is 17.6 Å². The Morgan fingerprint density at radius 1 is 0.886 bits per heavy atom. The average Bonchev–Trinajstić information content (AvgIpc) is 3.28. The van der Waals surface area contributed by atoms with Crippen LogP contribution in [0.3, 0.4) is 0 Å². The van der Waals surface area contributed by atoms with E-state index in [4.69, 9.17) is 4.42 Å². The molecule has 0 spiro atoms. The minimum atomic E-state index is -3.66. The van der Waals surface area contributed by atoms with Crippen LogP contribution in [0.5, 0.6) is 0 Å². The first-order chi connectivity index (χ1) is 16.9. The Hall–Kier alpha value is -3.94. The van der Waals surface area contributed by atoms with Gasteiger partial charge in [-0.05, 0) is 46.7 Å². The number of rotatable bonds is 7. The molecular weight excluding hydrogens is 460 g/mol. The topological polar surface area (TPSA) is 79.6 Å². The molecule has 7 heteroatoms. The maximum absolute atomic E-state index is 12.9. The highest BCUT2D eigenvalue weighted by molar-refractivity contribution is 7.89. The van der Waals surface area contributed by atoms with Crippen molar-refractivity contribution in [3.63, 3.8) is 0 Å². The molecule has 0 bridgehead atoms. The molecule has 0 atom stereocenters. The van der Waals surface area contributed by atoms with Crippen LogP contribution in [0.4, 0.5) is 5.69 Å². The fourth-order valence-electron chi connectivity index (χ4n) is 4.20. The van der Waals surface area contributed by atoms with Gasteiger partial charge in [0.2, 0.25) is 15.9 Å². The normalized spacial score (nSPS) is 11.8. The first-order valence-corrected chi connectivity index (χ1v) is 12.6. The number of benzene rings is 4. The van der Waals surface area contributed by atoms with Crippen LogP contribution in [-0.4, -0.2) is 25.7 Å². The lowest BCUT2D eigenvalue weighted by atomic mass is 10.0. The van der Waals surface area contributed by atoms with Gasteiger partial charge in [0.1, 0.15) is 5.58 Å². The van der Waals surface area contributed by atoms with E-state index in [1.165, 1.54) is 16.4 Å². The van der Waals surface area contributed by atoms with E-state index in [9.17, 15) is 13.2 Å². The van der Waals surface area contributed by atoms with Gasteiger partial charge in [-0.1, -0.05) is 60.7 Å². The van der Waals surface area contributed by atoms with Crippen molar-refractivity contribution in [2.75, 3.05) is 12.4 Å². The van der Waals surface area contributed by atoms with Gasteiger partial charge in [0, 0.05) is 30.2 Å². The van der Waals surface area contributed by atoms with E-state index in [1.54, 1.807) is 25.4 Å². The molecule has 1 aromatic heterocycles. The predicted molar refractivity (Wildman–Crippen MR) is 138 cm³/mol. The Morgan fingerprint density at radius 3 is 2.37 bits per heavy atom. The van der Waals surface area contributed by atoms with Crippen LogP contribution in [0.25, 0.3) is 21.7 Å². The average molecular weight is 485 g/mol. The summed E-state index contributed by atoms with van der Waals surface area (Å²) in [6, 6.07) is 27.5. The summed E-state index contributed by atoms with van der Waals surface area (Å²) in [4.78, 5) is 12.9. The minimum absolute atomic E-state index is 0.140. The van der Waals surface area contributed by atoms with E-state index >= 15 is 0 Å². The Labute approximate surface area is 203 Å². The first kappa shape index (κ1) is 22.8. The number of carbonyl (C=O) groups excluding carboxylic acids is 1. The van der Waals surface area contributed by atoms with E-state index in [0.717, 1.165) is 32.9 Å². The van der Waals surface area contributed by atoms with E-state index in [-0.39, 0.29) is 23.8 Å². The Bertz CT molecular complexity index is 1610.